The van der Waals surface area contributed by atoms with Gasteiger partial charge in [0.25, 0.3) is 0 Å². The van der Waals surface area contributed by atoms with Crippen LogP contribution in [0.15, 0.2) is 12.1 Å². The molecule has 1 amide bonds. The standard InChI is InChI=1S/C8H6F3NO2/c9-4-1-6(10)5(7(11)2-4)3-12-8(13)14/h1-2,12H,3H2,(H,13,14). The van der Waals surface area contributed by atoms with Crippen molar-refractivity contribution in [2.75, 3.05) is 0 Å². The van der Waals surface area contributed by atoms with Crippen molar-refractivity contribution < 1.29 is 23.1 Å². The SMILES string of the molecule is O=C(O)NCc1c(F)cc(F)cc1F. The Morgan fingerprint density at radius 3 is 2.21 bits per heavy atom. The van der Waals surface area contributed by atoms with Gasteiger partial charge in [-0.2, -0.15) is 0 Å². The van der Waals surface area contributed by atoms with Crippen molar-refractivity contribution >= 4 is 6.09 Å². The molecule has 0 aromatic heterocycles. The van der Waals surface area contributed by atoms with E-state index in [2.05, 4.69) is 0 Å². The molecule has 2 N–H and O–H groups in total. The van der Waals surface area contributed by atoms with E-state index in [1.54, 1.807) is 5.32 Å². The van der Waals surface area contributed by atoms with E-state index in [1.165, 1.54) is 0 Å². The van der Waals surface area contributed by atoms with Gasteiger partial charge in [0.2, 0.25) is 0 Å². The average Bonchev–Trinajstić information content (AvgIpc) is 2.01. The van der Waals surface area contributed by atoms with Crippen molar-refractivity contribution in [3.8, 4) is 0 Å². The molecular formula is C8H6F3NO2. The van der Waals surface area contributed by atoms with Gasteiger partial charge in [0, 0.05) is 17.7 Å². The molecule has 0 saturated heterocycles. The number of rotatable bonds is 2. The highest BCUT2D eigenvalue weighted by Crippen LogP contribution is 2.14. The van der Waals surface area contributed by atoms with Crippen LogP contribution >= 0.6 is 0 Å². The zero-order valence-electron chi connectivity index (χ0n) is 6.85. The van der Waals surface area contributed by atoms with E-state index in [9.17, 15) is 18.0 Å². The molecular weight excluding hydrogens is 199 g/mol. The predicted molar refractivity (Wildman–Crippen MR) is 41.2 cm³/mol. The Morgan fingerprint density at radius 2 is 1.79 bits per heavy atom. The van der Waals surface area contributed by atoms with Crippen molar-refractivity contribution in [3.63, 3.8) is 0 Å². The van der Waals surface area contributed by atoms with E-state index in [-0.39, 0.29) is 0 Å². The summed E-state index contributed by atoms with van der Waals surface area (Å²) in [4.78, 5) is 10.0. The maximum Gasteiger partial charge on any atom is 0.404 e. The molecule has 76 valence electrons. The van der Waals surface area contributed by atoms with Gasteiger partial charge in [-0.1, -0.05) is 0 Å². The van der Waals surface area contributed by atoms with Gasteiger partial charge in [-0.3, -0.25) is 0 Å². The normalized spacial score (nSPS) is 9.93. The molecule has 0 heterocycles. The fourth-order valence-corrected chi connectivity index (χ4v) is 0.905. The first-order chi connectivity index (χ1) is 6.50. The molecule has 14 heavy (non-hydrogen) atoms. The molecule has 1 aromatic rings. The molecule has 0 aliphatic carbocycles. The molecule has 3 nitrogen and oxygen atoms in total. The van der Waals surface area contributed by atoms with Crippen LogP contribution in [-0.2, 0) is 6.54 Å². The number of hydrogen-bond donors (Lipinski definition) is 2. The summed E-state index contributed by atoms with van der Waals surface area (Å²) < 4.78 is 38.1. The van der Waals surface area contributed by atoms with Crippen LogP contribution in [0.5, 0.6) is 0 Å². The number of nitrogens with one attached hydrogen (secondary N) is 1. The lowest BCUT2D eigenvalue weighted by atomic mass is 10.2. The van der Waals surface area contributed by atoms with Crippen molar-refractivity contribution in [2.24, 2.45) is 0 Å². The van der Waals surface area contributed by atoms with Gasteiger partial charge in [-0.15, -0.1) is 0 Å². The van der Waals surface area contributed by atoms with Crippen molar-refractivity contribution in [1.29, 1.82) is 0 Å². The van der Waals surface area contributed by atoms with Crippen LogP contribution < -0.4 is 5.32 Å². The minimum atomic E-state index is -1.41. The summed E-state index contributed by atoms with van der Waals surface area (Å²) in [7, 11) is 0. The summed E-state index contributed by atoms with van der Waals surface area (Å²) in [5.41, 5.74) is -0.506. The van der Waals surface area contributed by atoms with Crippen molar-refractivity contribution in [2.45, 2.75) is 6.54 Å². The Bertz CT molecular complexity index is 345. The fraction of sp³-hybridized carbons (Fsp3) is 0.125. The van der Waals surface area contributed by atoms with Crippen LogP contribution in [0.3, 0.4) is 0 Å². The van der Waals surface area contributed by atoms with Crippen molar-refractivity contribution in [1.82, 2.24) is 5.32 Å². The van der Waals surface area contributed by atoms with Crippen LogP contribution in [0.25, 0.3) is 0 Å². The first kappa shape index (κ1) is 10.4. The van der Waals surface area contributed by atoms with E-state index < -0.39 is 35.7 Å². The van der Waals surface area contributed by atoms with E-state index in [0.717, 1.165) is 0 Å². The molecule has 1 rings (SSSR count). The van der Waals surface area contributed by atoms with E-state index in [4.69, 9.17) is 5.11 Å². The topological polar surface area (TPSA) is 49.3 Å². The van der Waals surface area contributed by atoms with Gasteiger partial charge in [0.15, 0.2) is 0 Å². The van der Waals surface area contributed by atoms with E-state index in [1.807, 2.05) is 0 Å². The summed E-state index contributed by atoms with van der Waals surface area (Å²) in [6.45, 7) is -0.534. The maximum atomic E-state index is 12.8. The number of benzene rings is 1. The molecule has 0 atom stereocenters. The van der Waals surface area contributed by atoms with Crippen LogP contribution in [0.1, 0.15) is 5.56 Å². The van der Waals surface area contributed by atoms with Gasteiger partial charge in [0.1, 0.15) is 17.5 Å². The number of carbonyl (C=O) groups is 1. The Hall–Kier alpha value is -1.72. The molecule has 6 heteroatoms. The first-order valence-electron chi connectivity index (χ1n) is 3.61. The molecule has 0 fully saturated rings. The molecule has 0 bridgehead atoms. The molecule has 0 spiro atoms. The monoisotopic (exact) mass is 205 g/mol. The molecule has 0 radical (unpaired) electrons. The minimum absolute atomic E-state index is 0.488. The number of halogens is 3. The zero-order valence-corrected chi connectivity index (χ0v) is 6.85. The number of amides is 1. The molecule has 1 aromatic carbocycles. The lowest BCUT2D eigenvalue weighted by Crippen LogP contribution is -2.21. The second kappa shape index (κ2) is 3.99. The third kappa shape index (κ3) is 2.38. The summed E-state index contributed by atoms with van der Waals surface area (Å²) in [5.74, 6) is -3.27. The molecule has 0 saturated carbocycles. The molecule has 0 aliphatic rings. The summed E-state index contributed by atoms with van der Waals surface area (Å²) >= 11 is 0. The van der Waals surface area contributed by atoms with Crippen LogP contribution in [0, 0.1) is 17.5 Å². The lowest BCUT2D eigenvalue weighted by Gasteiger charge is -2.04. The summed E-state index contributed by atoms with van der Waals surface area (Å²) in [6, 6.07) is 0.976. The zero-order chi connectivity index (χ0) is 10.7. The van der Waals surface area contributed by atoms with Gasteiger partial charge in [-0.05, 0) is 0 Å². The first-order valence-corrected chi connectivity index (χ1v) is 3.61. The van der Waals surface area contributed by atoms with E-state index >= 15 is 0 Å². The minimum Gasteiger partial charge on any atom is -0.465 e. The quantitative estimate of drug-likeness (QED) is 0.774. The van der Waals surface area contributed by atoms with Gasteiger partial charge in [0.05, 0.1) is 6.54 Å². The highest BCUT2D eigenvalue weighted by atomic mass is 19.1. The highest BCUT2D eigenvalue weighted by molar-refractivity contribution is 5.64. The second-order valence-electron chi connectivity index (χ2n) is 2.51. The van der Waals surface area contributed by atoms with Crippen LogP contribution in [0.4, 0.5) is 18.0 Å². The van der Waals surface area contributed by atoms with E-state index in [0.29, 0.717) is 12.1 Å². The van der Waals surface area contributed by atoms with Gasteiger partial charge >= 0.3 is 6.09 Å². The highest BCUT2D eigenvalue weighted by Gasteiger charge is 2.11. The molecule has 0 unspecified atom stereocenters. The Balaban J connectivity index is 2.91. The predicted octanol–water partition coefficient (Wildman–Crippen LogP) is 1.87. The van der Waals surface area contributed by atoms with Crippen LogP contribution in [-0.4, -0.2) is 11.2 Å². The third-order valence-corrected chi connectivity index (χ3v) is 1.52. The molecule has 0 aliphatic heterocycles. The fourth-order valence-electron chi connectivity index (χ4n) is 0.905. The van der Waals surface area contributed by atoms with Crippen molar-refractivity contribution in [3.05, 3.63) is 35.1 Å². The van der Waals surface area contributed by atoms with Gasteiger partial charge < -0.3 is 10.4 Å². The number of carboxylic acid groups (broad SMARTS) is 1. The Labute approximate surface area is 77.2 Å². The largest absolute Gasteiger partial charge is 0.465 e. The average molecular weight is 205 g/mol. The van der Waals surface area contributed by atoms with Crippen LogP contribution in [0.2, 0.25) is 0 Å². The lowest BCUT2D eigenvalue weighted by molar-refractivity contribution is 0.193. The Morgan fingerprint density at radius 1 is 1.29 bits per heavy atom. The summed E-state index contributed by atoms with van der Waals surface area (Å²) in [6.07, 6.45) is -1.41. The third-order valence-electron chi connectivity index (χ3n) is 1.52. The Kier molecular flexibility index (Phi) is 2.95. The second-order valence-corrected chi connectivity index (χ2v) is 2.51. The van der Waals surface area contributed by atoms with Gasteiger partial charge in [-0.25, -0.2) is 18.0 Å². The smallest absolute Gasteiger partial charge is 0.404 e. The maximum absolute atomic E-state index is 12.8. The summed E-state index contributed by atoms with van der Waals surface area (Å²) in [5, 5.41) is 9.96. The number of hydrogen-bond acceptors (Lipinski definition) is 1.